The van der Waals surface area contributed by atoms with E-state index in [4.69, 9.17) is 0 Å². The highest BCUT2D eigenvalue weighted by atomic mass is 32.2. The van der Waals surface area contributed by atoms with Gasteiger partial charge < -0.3 is 15.7 Å². The molecule has 1 rings (SSSR count). The van der Waals surface area contributed by atoms with Crippen molar-refractivity contribution >= 4 is 16.0 Å². The molecule has 0 unspecified atom stereocenters. The van der Waals surface area contributed by atoms with Gasteiger partial charge in [-0.15, -0.1) is 0 Å². The van der Waals surface area contributed by atoms with E-state index in [0.29, 0.717) is 24.6 Å². The number of hydrogen-bond donors (Lipinski definition) is 4. The van der Waals surface area contributed by atoms with Crippen LogP contribution in [0.2, 0.25) is 0 Å². The third-order valence-corrected chi connectivity index (χ3v) is 7.09. The van der Waals surface area contributed by atoms with Gasteiger partial charge in [-0.05, 0) is 64.0 Å². The summed E-state index contributed by atoms with van der Waals surface area (Å²) in [5.74, 6) is 0.637. The summed E-state index contributed by atoms with van der Waals surface area (Å²) in [4.78, 5) is 4.87. The van der Waals surface area contributed by atoms with Crippen LogP contribution in [0, 0.1) is 5.41 Å². The third kappa shape index (κ3) is 8.24. The molecule has 0 fully saturated rings. The van der Waals surface area contributed by atoms with Crippen molar-refractivity contribution in [3.8, 4) is 0 Å². The van der Waals surface area contributed by atoms with Crippen LogP contribution >= 0.6 is 0 Å². The zero-order valence-electron chi connectivity index (χ0n) is 19.4. The molecule has 0 amide bonds. The zero-order valence-corrected chi connectivity index (χ0v) is 20.2. The number of aliphatic imine (C=N–C) groups is 1. The SMILES string of the molecule is CCNC(=NCc1ccccc1S(=O)(=O)NC(C)(C)C)NCC(CC)(CC)CCO. The quantitative estimate of drug-likeness (QED) is 0.313. The Kier molecular flexibility index (Phi) is 10.3. The number of sulfonamides is 1. The molecule has 0 bridgehead atoms. The van der Waals surface area contributed by atoms with E-state index in [1.54, 1.807) is 18.2 Å². The van der Waals surface area contributed by atoms with Crippen molar-refractivity contribution < 1.29 is 13.5 Å². The number of nitrogens with zero attached hydrogens (tertiary/aromatic N) is 1. The molecular formula is C22H40N4O3S. The smallest absolute Gasteiger partial charge is 0.241 e. The fourth-order valence-electron chi connectivity index (χ4n) is 3.31. The van der Waals surface area contributed by atoms with E-state index in [-0.39, 0.29) is 23.5 Å². The Morgan fingerprint density at radius 3 is 2.23 bits per heavy atom. The molecule has 0 saturated heterocycles. The van der Waals surface area contributed by atoms with E-state index in [2.05, 4.69) is 34.2 Å². The maximum atomic E-state index is 12.8. The molecule has 7 nitrogen and oxygen atoms in total. The Morgan fingerprint density at radius 1 is 1.07 bits per heavy atom. The van der Waals surface area contributed by atoms with Crippen LogP contribution in [-0.2, 0) is 16.6 Å². The lowest BCUT2D eigenvalue weighted by molar-refractivity contribution is 0.169. The number of hydrogen-bond acceptors (Lipinski definition) is 4. The molecule has 0 atom stereocenters. The Hall–Kier alpha value is -1.64. The predicted molar refractivity (Wildman–Crippen MR) is 124 cm³/mol. The van der Waals surface area contributed by atoms with E-state index in [1.807, 2.05) is 33.8 Å². The first kappa shape index (κ1) is 26.4. The molecule has 0 spiro atoms. The first-order chi connectivity index (χ1) is 14.0. The van der Waals surface area contributed by atoms with Crippen LogP contribution in [0.15, 0.2) is 34.2 Å². The molecule has 0 aromatic heterocycles. The lowest BCUT2D eigenvalue weighted by atomic mass is 9.79. The van der Waals surface area contributed by atoms with Crippen LogP contribution in [0.1, 0.15) is 66.4 Å². The van der Waals surface area contributed by atoms with Crippen LogP contribution in [0.4, 0.5) is 0 Å². The van der Waals surface area contributed by atoms with Gasteiger partial charge in [0, 0.05) is 25.2 Å². The fraction of sp³-hybridized carbons (Fsp3) is 0.682. The Labute approximate surface area is 182 Å². The van der Waals surface area contributed by atoms with Gasteiger partial charge >= 0.3 is 0 Å². The molecule has 0 aliphatic carbocycles. The molecule has 0 heterocycles. The molecular weight excluding hydrogens is 400 g/mol. The zero-order chi connectivity index (χ0) is 22.8. The number of guanidine groups is 1. The van der Waals surface area contributed by atoms with Crippen LogP contribution < -0.4 is 15.4 Å². The first-order valence-corrected chi connectivity index (χ1v) is 12.3. The molecule has 0 saturated carbocycles. The second-order valence-corrected chi connectivity index (χ2v) is 10.3. The highest BCUT2D eigenvalue weighted by Gasteiger charge is 2.26. The maximum absolute atomic E-state index is 12.8. The summed E-state index contributed by atoms with van der Waals surface area (Å²) in [7, 11) is -3.65. The molecule has 172 valence electrons. The Balaban J connectivity index is 3.07. The molecule has 1 aromatic carbocycles. The number of aliphatic hydroxyl groups is 1. The van der Waals surface area contributed by atoms with Gasteiger partial charge in [0.05, 0.1) is 11.4 Å². The van der Waals surface area contributed by atoms with Gasteiger partial charge in [-0.1, -0.05) is 32.0 Å². The molecule has 0 radical (unpaired) electrons. The van der Waals surface area contributed by atoms with E-state index in [1.165, 1.54) is 0 Å². The van der Waals surface area contributed by atoms with Crippen molar-refractivity contribution in [2.75, 3.05) is 19.7 Å². The van der Waals surface area contributed by atoms with E-state index in [0.717, 1.165) is 19.3 Å². The van der Waals surface area contributed by atoms with Gasteiger partial charge in [0.2, 0.25) is 10.0 Å². The van der Waals surface area contributed by atoms with Crippen molar-refractivity contribution in [1.82, 2.24) is 15.4 Å². The molecule has 1 aromatic rings. The number of benzene rings is 1. The van der Waals surface area contributed by atoms with Gasteiger partial charge in [0.25, 0.3) is 0 Å². The standard InChI is InChI=1S/C22H40N4O3S/c1-7-22(8-2,14-15-27)17-25-20(23-9-3)24-16-18-12-10-11-13-19(18)30(28,29)26-21(4,5)6/h10-13,26-27H,7-9,14-17H2,1-6H3,(H2,23,24,25). The van der Waals surface area contributed by atoms with Crippen LogP contribution in [-0.4, -0.2) is 44.7 Å². The predicted octanol–water partition coefficient (Wildman–Crippen LogP) is 3.01. The fourth-order valence-corrected chi connectivity index (χ4v) is 4.96. The average molecular weight is 441 g/mol. The summed E-state index contributed by atoms with van der Waals surface area (Å²) >= 11 is 0. The second-order valence-electron chi connectivity index (χ2n) is 8.69. The minimum atomic E-state index is -3.65. The molecule has 4 N–H and O–H groups in total. The van der Waals surface area contributed by atoms with Gasteiger partial charge in [-0.25, -0.2) is 18.1 Å². The molecule has 8 heteroatoms. The van der Waals surface area contributed by atoms with Crippen molar-refractivity contribution in [2.45, 2.75) is 77.8 Å². The highest BCUT2D eigenvalue weighted by Crippen LogP contribution is 2.29. The van der Waals surface area contributed by atoms with Gasteiger partial charge in [-0.3, -0.25) is 0 Å². The number of nitrogens with one attached hydrogen (secondary N) is 3. The van der Waals surface area contributed by atoms with Crippen molar-refractivity contribution in [3.63, 3.8) is 0 Å². The van der Waals surface area contributed by atoms with E-state index in [9.17, 15) is 13.5 Å². The summed E-state index contributed by atoms with van der Waals surface area (Å²) in [5, 5.41) is 16.0. The Morgan fingerprint density at radius 2 is 1.70 bits per heavy atom. The van der Waals surface area contributed by atoms with E-state index < -0.39 is 15.6 Å². The van der Waals surface area contributed by atoms with Crippen molar-refractivity contribution in [1.29, 1.82) is 0 Å². The third-order valence-electron chi connectivity index (χ3n) is 5.23. The lowest BCUT2D eigenvalue weighted by Crippen LogP contribution is -2.44. The van der Waals surface area contributed by atoms with Gasteiger partial charge in [0.1, 0.15) is 0 Å². The highest BCUT2D eigenvalue weighted by molar-refractivity contribution is 7.89. The summed E-state index contributed by atoms with van der Waals surface area (Å²) in [6, 6.07) is 6.94. The van der Waals surface area contributed by atoms with E-state index >= 15 is 0 Å². The summed E-state index contributed by atoms with van der Waals surface area (Å²) in [6.45, 7) is 13.5. The number of aliphatic hydroxyl groups excluding tert-OH is 1. The maximum Gasteiger partial charge on any atom is 0.241 e. The number of rotatable bonds is 11. The monoisotopic (exact) mass is 440 g/mol. The Bertz CT molecular complexity index is 782. The summed E-state index contributed by atoms with van der Waals surface area (Å²) < 4.78 is 28.4. The first-order valence-electron chi connectivity index (χ1n) is 10.8. The largest absolute Gasteiger partial charge is 0.396 e. The van der Waals surface area contributed by atoms with Gasteiger partial charge in [-0.2, -0.15) is 0 Å². The van der Waals surface area contributed by atoms with Crippen molar-refractivity contribution in [2.24, 2.45) is 10.4 Å². The molecule has 0 aliphatic heterocycles. The molecule has 30 heavy (non-hydrogen) atoms. The lowest BCUT2D eigenvalue weighted by Gasteiger charge is -2.32. The minimum Gasteiger partial charge on any atom is -0.396 e. The average Bonchev–Trinajstić information content (AvgIpc) is 2.67. The van der Waals surface area contributed by atoms with Crippen LogP contribution in [0.25, 0.3) is 0 Å². The summed E-state index contributed by atoms with van der Waals surface area (Å²) in [5.41, 5.74) is 0.0734. The molecule has 0 aliphatic rings. The van der Waals surface area contributed by atoms with Crippen LogP contribution in [0.5, 0.6) is 0 Å². The van der Waals surface area contributed by atoms with Gasteiger partial charge in [0.15, 0.2) is 5.96 Å². The topological polar surface area (TPSA) is 103 Å². The normalized spacial score (nSPS) is 13.4. The minimum absolute atomic E-state index is 0.00279. The second kappa shape index (κ2) is 11.7. The van der Waals surface area contributed by atoms with Crippen LogP contribution in [0.3, 0.4) is 0 Å². The van der Waals surface area contributed by atoms with Crippen molar-refractivity contribution in [3.05, 3.63) is 29.8 Å². The summed E-state index contributed by atoms with van der Waals surface area (Å²) in [6.07, 6.45) is 2.64.